The fourth-order valence-electron chi connectivity index (χ4n) is 2.81. The molecule has 24 heavy (non-hydrogen) atoms. The standard InChI is InChI=1S/C17H19N3O3S/c1-12-4-3-5-14(10-12)18-17(21)19-15-6-7-16-13(11-15)8-9-20(16)24(2,22)23/h3-7,10-11H,8-9H2,1-2H3,(H2,18,19,21). The van der Waals surface area contributed by atoms with Gasteiger partial charge in [0.15, 0.2) is 0 Å². The number of urea groups is 1. The van der Waals surface area contributed by atoms with E-state index in [0.29, 0.717) is 24.3 Å². The molecule has 0 atom stereocenters. The second kappa shape index (κ2) is 6.16. The maximum absolute atomic E-state index is 12.1. The third kappa shape index (κ3) is 3.51. The van der Waals surface area contributed by atoms with Gasteiger partial charge >= 0.3 is 6.03 Å². The number of hydrogen-bond acceptors (Lipinski definition) is 3. The number of carbonyl (C=O) groups is 1. The van der Waals surface area contributed by atoms with Gasteiger partial charge in [-0.15, -0.1) is 0 Å². The Labute approximate surface area is 141 Å². The topological polar surface area (TPSA) is 78.5 Å². The Morgan fingerprint density at radius 3 is 2.46 bits per heavy atom. The number of rotatable bonds is 3. The summed E-state index contributed by atoms with van der Waals surface area (Å²) in [6.45, 7) is 2.39. The van der Waals surface area contributed by atoms with Gasteiger partial charge in [0.05, 0.1) is 11.9 Å². The summed E-state index contributed by atoms with van der Waals surface area (Å²) in [6.07, 6.45) is 1.83. The average molecular weight is 345 g/mol. The van der Waals surface area contributed by atoms with Crippen molar-refractivity contribution in [2.75, 3.05) is 27.7 Å². The highest BCUT2D eigenvalue weighted by Crippen LogP contribution is 2.32. The third-order valence-electron chi connectivity index (χ3n) is 3.87. The van der Waals surface area contributed by atoms with E-state index in [-0.39, 0.29) is 6.03 Å². The second-order valence-corrected chi connectivity index (χ2v) is 7.78. The van der Waals surface area contributed by atoms with Crippen molar-refractivity contribution in [3.8, 4) is 0 Å². The molecule has 1 heterocycles. The number of carbonyl (C=O) groups excluding carboxylic acids is 1. The molecule has 7 heteroatoms. The lowest BCUT2D eigenvalue weighted by molar-refractivity contribution is 0.262. The Morgan fingerprint density at radius 2 is 1.79 bits per heavy atom. The predicted molar refractivity (Wildman–Crippen MR) is 96.2 cm³/mol. The quantitative estimate of drug-likeness (QED) is 0.898. The van der Waals surface area contributed by atoms with E-state index in [0.717, 1.165) is 16.8 Å². The number of hydrogen-bond donors (Lipinski definition) is 2. The van der Waals surface area contributed by atoms with Gasteiger partial charge in [-0.05, 0) is 54.8 Å². The lowest BCUT2D eigenvalue weighted by Crippen LogP contribution is -2.27. The Kier molecular flexibility index (Phi) is 4.19. The molecular formula is C17H19N3O3S. The highest BCUT2D eigenvalue weighted by atomic mass is 32.2. The fourth-order valence-corrected chi connectivity index (χ4v) is 3.77. The maximum Gasteiger partial charge on any atom is 0.323 e. The summed E-state index contributed by atoms with van der Waals surface area (Å²) < 4.78 is 24.9. The van der Waals surface area contributed by atoms with Crippen LogP contribution in [0.3, 0.4) is 0 Å². The summed E-state index contributed by atoms with van der Waals surface area (Å²) in [4.78, 5) is 12.1. The lowest BCUT2D eigenvalue weighted by atomic mass is 10.1. The van der Waals surface area contributed by atoms with E-state index >= 15 is 0 Å². The lowest BCUT2D eigenvalue weighted by Gasteiger charge is -2.16. The van der Waals surface area contributed by atoms with Crippen LogP contribution in [0.25, 0.3) is 0 Å². The Hall–Kier alpha value is -2.54. The monoisotopic (exact) mass is 345 g/mol. The van der Waals surface area contributed by atoms with Crippen LogP contribution in [0.5, 0.6) is 0 Å². The van der Waals surface area contributed by atoms with Crippen LogP contribution < -0.4 is 14.9 Å². The van der Waals surface area contributed by atoms with Gasteiger partial charge in [0, 0.05) is 17.9 Å². The van der Waals surface area contributed by atoms with Gasteiger partial charge in [-0.1, -0.05) is 12.1 Å². The van der Waals surface area contributed by atoms with Crippen LogP contribution in [0.15, 0.2) is 42.5 Å². The van der Waals surface area contributed by atoms with E-state index in [1.165, 1.54) is 10.6 Å². The molecule has 2 aromatic carbocycles. The number of anilines is 3. The minimum absolute atomic E-state index is 0.335. The highest BCUT2D eigenvalue weighted by Gasteiger charge is 2.26. The number of nitrogens with zero attached hydrogens (tertiary/aromatic N) is 1. The van der Waals surface area contributed by atoms with Crippen LogP contribution in [0.1, 0.15) is 11.1 Å². The molecule has 0 fully saturated rings. The van der Waals surface area contributed by atoms with E-state index in [2.05, 4.69) is 10.6 Å². The molecule has 2 N–H and O–H groups in total. The number of aryl methyl sites for hydroxylation is 1. The fraction of sp³-hybridized carbons (Fsp3) is 0.235. The van der Waals surface area contributed by atoms with Gasteiger partial charge < -0.3 is 10.6 Å². The van der Waals surface area contributed by atoms with Gasteiger partial charge in [0.2, 0.25) is 10.0 Å². The van der Waals surface area contributed by atoms with Gasteiger partial charge in [-0.3, -0.25) is 4.31 Å². The highest BCUT2D eigenvalue weighted by molar-refractivity contribution is 7.92. The Morgan fingerprint density at radius 1 is 1.08 bits per heavy atom. The summed E-state index contributed by atoms with van der Waals surface area (Å²) in [5.41, 5.74) is 4.01. The first kappa shape index (κ1) is 16.3. The van der Waals surface area contributed by atoms with Crippen LogP contribution in [0.4, 0.5) is 21.9 Å². The number of fused-ring (bicyclic) bond motifs is 1. The molecule has 0 unspecified atom stereocenters. The van der Waals surface area contributed by atoms with Crippen LogP contribution in [0, 0.1) is 6.92 Å². The molecule has 2 amide bonds. The molecule has 0 bridgehead atoms. The van der Waals surface area contributed by atoms with Crippen molar-refractivity contribution in [1.29, 1.82) is 0 Å². The van der Waals surface area contributed by atoms with Crippen LogP contribution in [-0.2, 0) is 16.4 Å². The zero-order valence-corrected chi connectivity index (χ0v) is 14.4. The summed E-state index contributed by atoms with van der Waals surface area (Å²) in [6, 6.07) is 12.4. The first-order chi connectivity index (χ1) is 11.3. The van der Waals surface area contributed by atoms with Crippen molar-refractivity contribution in [3.63, 3.8) is 0 Å². The smallest absolute Gasteiger partial charge is 0.308 e. The van der Waals surface area contributed by atoms with E-state index in [4.69, 9.17) is 0 Å². The molecule has 126 valence electrons. The largest absolute Gasteiger partial charge is 0.323 e. The van der Waals surface area contributed by atoms with E-state index in [9.17, 15) is 13.2 Å². The van der Waals surface area contributed by atoms with E-state index < -0.39 is 10.0 Å². The molecule has 0 saturated heterocycles. The average Bonchev–Trinajstić information content (AvgIpc) is 2.90. The van der Waals surface area contributed by atoms with Gasteiger partial charge in [0.1, 0.15) is 0 Å². The van der Waals surface area contributed by atoms with E-state index in [1.807, 2.05) is 37.3 Å². The summed E-state index contributed by atoms with van der Waals surface area (Å²) >= 11 is 0. The Balaban J connectivity index is 1.72. The summed E-state index contributed by atoms with van der Waals surface area (Å²) in [5, 5.41) is 5.55. The molecule has 0 aromatic heterocycles. The summed E-state index contributed by atoms with van der Waals surface area (Å²) in [5.74, 6) is 0. The first-order valence-corrected chi connectivity index (χ1v) is 9.43. The number of amides is 2. The zero-order valence-electron chi connectivity index (χ0n) is 13.5. The van der Waals surface area contributed by atoms with Crippen LogP contribution >= 0.6 is 0 Å². The van der Waals surface area contributed by atoms with Crippen molar-refractivity contribution in [3.05, 3.63) is 53.6 Å². The number of sulfonamides is 1. The van der Waals surface area contributed by atoms with Crippen molar-refractivity contribution in [2.24, 2.45) is 0 Å². The van der Waals surface area contributed by atoms with Crippen LogP contribution in [0.2, 0.25) is 0 Å². The number of nitrogens with one attached hydrogen (secondary N) is 2. The van der Waals surface area contributed by atoms with Gasteiger partial charge in [0.25, 0.3) is 0 Å². The molecule has 1 aliphatic heterocycles. The molecule has 3 rings (SSSR count). The first-order valence-electron chi connectivity index (χ1n) is 7.58. The van der Waals surface area contributed by atoms with E-state index in [1.54, 1.807) is 12.1 Å². The molecule has 2 aromatic rings. The third-order valence-corrected chi connectivity index (χ3v) is 5.05. The van der Waals surface area contributed by atoms with Gasteiger partial charge in [-0.2, -0.15) is 0 Å². The molecule has 0 spiro atoms. The van der Waals surface area contributed by atoms with Crippen molar-refractivity contribution in [1.82, 2.24) is 0 Å². The summed E-state index contributed by atoms with van der Waals surface area (Å²) in [7, 11) is -3.26. The van der Waals surface area contributed by atoms with Crippen molar-refractivity contribution < 1.29 is 13.2 Å². The zero-order chi connectivity index (χ0) is 17.3. The normalized spacial score (nSPS) is 13.5. The maximum atomic E-state index is 12.1. The predicted octanol–water partition coefficient (Wildman–Crippen LogP) is 2.96. The number of benzene rings is 2. The Bertz CT molecular complexity index is 894. The molecule has 0 radical (unpaired) electrons. The molecule has 1 aliphatic rings. The molecule has 0 aliphatic carbocycles. The van der Waals surface area contributed by atoms with Gasteiger partial charge in [-0.25, -0.2) is 13.2 Å². The minimum Gasteiger partial charge on any atom is -0.308 e. The SMILES string of the molecule is Cc1cccc(NC(=O)Nc2ccc3c(c2)CCN3S(C)(=O)=O)c1. The second-order valence-electron chi connectivity index (χ2n) is 5.88. The van der Waals surface area contributed by atoms with Crippen LogP contribution in [-0.4, -0.2) is 27.2 Å². The minimum atomic E-state index is -3.26. The van der Waals surface area contributed by atoms with Crippen molar-refractivity contribution in [2.45, 2.75) is 13.3 Å². The van der Waals surface area contributed by atoms with Crippen molar-refractivity contribution >= 4 is 33.1 Å². The molecule has 6 nitrogen and oxygen atoms in total. The molecule has 0 saturated carbocycles. The molecular weight excluding hydrogens is 326 g/mol.